The zero-order valence-electron chi connectivity index (χ0n) is 10.9. The minimum Gasteiger partial charge on any atom is -0.305 e. The van der Waals surface area contributed by atoms with Crippen LogP contribution in [0.2, 0.25) is 0 Å². The predicted molar refractivity (Wildman–Crippen MR) is 75.9 cm³/mol. The van der Waals surface area contributed by atoms with E-state index in [0.717, 1.165) is 19.4 Å². The minimum atomic E-state index is 0.219. The van der Waals surface area contributed by atoms with Crippen molar-refractivity contribution in [3.8, 4) is 0 Å². The Kier molecular flexibility index (Phi) is 4.84. The Hall–Kier alpha value is -1.26. The van der Waals surface area contributed by atoms with Gasteiger partial charge in [0, 0.05) is 0 Å². The van der Waals surface area contributed by atoms with Gasteiger partial charge in [0.25, 0.3) is 0 Å². The van der Waals surface area contributed by atoms with Gasteiger partial charge in [0.2, 0.25) is 0 Å². The van der Waals surface area contributed by atoms with Crippen molar-refractivity contribution in [1.82, 2.24) is 14.9 Å². The van der Waals surface area contributed by atoms with Gasteiger partial charge in [-0.15, -0.1) is 5.10 Å². The van der Waals surface area contributed by atoms with E-state index in [2.05, 4.69) is 53.0 Å². The van der Waals surface area contributed by atoms with Gasteiger partial charge in [-0.05, 0) is 42.0 Å². The predicted octanol–water partition coefficient (Wildman–Crippen LogP) is 3.19. The molecule has 1 aromatic heterocycles. The summed E-state index contributed by atoms with van der Waals surface area (Å²) in [5, 5.41) is 7.52. The maximum atomic E-state index is 3.97. The quantitative estimate of drug-likeness (QED) is 0.868. The number of nitrogens with zero attached hydrogens (tertiary/aromatic N) is 2. The number of aryl methyl sites for hydroxylation is 1. The molecule has 0 amide bonds. The molecule has 0 aliphatic rings. The Labute approximate surface area is 112 Å². The van der Waals surface area contributed by atoms with Crippen LogP contribution >= 0.6 is 11.5 Å². The second-order valence-corrected chi connectivity index (χ2v) is 5.12. The summed E-state index contributed by atoms with van der Waals surface area (Å²) < 4.78 is 3.97. The molecule has 1 heterocycles. The van der Waals surface area contributed by atoms with Gasteiger partial charge < -0.3 is 5.32 Å². The van der Waals surface area contributed by atoms with Crippen molar-refractivity contribution in [2.45, 2.75) is 32.7 Å². The van der Waals surface area contributed by atoms with E-state index < -0.39 is 0 Å². The highest BCUT2D eigenvalue weighted by atomic mass is 32.1. The molecule has 0 radical (unpaired) electrons. The highest BCUT2D eigenvalue weighted by molar-refractivity contribution is 7.05. The lowest BCUT2D eigenvalue weighted by Crippen LogP contribution is -2.22. The first kappa shape index (κ1) is 13.2. The molecule has 1 unspecified atom stereocenters. The van der Waals surface area contributed by atoms with Crippen molar-refractivity contribution < 1.29 is 0 Å². The molecule has 2 rings (SSSR count). The van der Waals surface area contributed by atoms with Crippen LogP contribution in [-0.2, 0) is 6.42 Å². The van der Waals surface area contributed by atoms with Crippen LogP contribution in [-0.4, -0.2) is 16.1 Å². The van der Waals surface area contributed by atoms with Gasteiger partial charge in [0.15, 0.2) is 0 Å². The monoisotopic (exact) mass is 261 g/mol. The summed E-state index contributed by atoms with van der Waals surface area (Å²) in [6.07, 6.45) is 4.04. The molecule has 96 valence electrons. The fraction of sp³-hybridized carbons (Fsp3) is 0.429. The number of nitrogens with one attached hydrogen (secondary N) is 1. The first-order chi connectivity index (χ1) is 8.85. The summed E-state index contributed by atoms with van der Waals surface area (Å²) in [5.41, 5.74) is 2.67. The molecule has 1 atom stereocenters. The Morgan fingerprint density at radius 3 is 2.89 bits per heavy atom. The Morgan fingerprint density at radius 2 is 2.22 bits per heavy atom. The summed E-state index contributed by atoms with van der Waals surface area (Å²) in [6, 6.07) is 8.96. The van der Waals surface area contributed by atoms with E-state index in [1.54, 1.807) is 0 Å². The van der Waals surface area contributed by atoms with Crippen molar-refractivity contribution >= 4 is 11.5 Å². The summed E-state index contributed by atoms with van der Waals surface area (Å²) in [7, 11) is 0. The highest BCUT2D eigenvalue weighted by Crippen LogP contribution is 2.24. The lowest BCUT2D eigenvalue weighted by molar-refractivity contribution is 0.604. The molecule has 0 saturated heterocycles. The molecule has 0 bridgehead atoms. The molecule has 0 aliphatic carbocycles. The van der Waals surface area contributed by atoms with Crippen LogP contribution in [0.4, 0.5) is 0 Å². The van der Waals surface area contributed by atoms with Crippen molar-refractivity contribution in [3.05, 3.63) is 46.5 Å². The first-order valence-electron chi connectivity index (χ1n) is 6.44. The second kappa shape index (κ2) is 6.61. The lowest BCUT2D eigenvalue weighted by atomic mass is 10.0. The summed E-state index contributed by atoms with van der Waals surface area (Å²) in [5.74, 6) is 0. The Bertz CT molecular complexity index is 468. The summed E-state index contributed by atoms with van der Waals surface area (Å²) in [4.78, 5) is 1.18. The van der Waals surface area contributed by atoms with Gasteiger partial charge in [-0.3, -0.25) is 0 Å². The van der Waals surface area contributed by atoms with E-state index in [0.29, 0.717) is 0 Å². The van der Waals surface area contributed by atoms with Crippen LogP contribution in [0.3, 0.4) is 0 Å². The topological polar surface area (TPSA) is 37.8 Å². The third-order valence-corrected chi connectivity index (χ3v) is 3.68. The molecule has 2 aromatic rings. The molecule has 0 aliphatic heterocycles. The van der Waals surface area contributed by atoms with Gasteiger partial charge in [-0.2, -0.15) is 0 Å². The van der Waals surface area contributed by atoms with E-state index >= 15 is 0 Å². The molecule has 1 N–H and O–H groups in total. The molecular weight excluding hydrogens is 242 g/mol. The van der Waals surface area contributed by atoms with Crippen molar-refractivity contribution in [1.29, 1.82) is 0 Å². The molecule has 1 aromatic carbocycles. The zero-order chi connectivity index (χ0) is 12.8. The summed E-state index contributed by atoms with van der Waals surface area (Å²) in [6.45, 7) is 5.36. The smallest absolute Gasteiger partial charge is 0.0703 e. The van der Waals surface area contributed by atoms with E-state index in [4.69, 9.17) is 0 Å². The van der Waals surface area contributed by atoms with Gasteiger partial charge >= 0.3 is 0 Å². The lowest BCUT2D eigenvalue weighted by Gasteiger charge is -2.17. The number of benzene rings is 1. The maximum absolute atomic E-state index is 3.97. The average molecular weight is 261 g/mol. The Morgan fingerprint density at radius 1 is 1.33 bits per heavy atom. The summed E-state index contributed by atoms with van der Waals surface area (Å²) >= 11 is 1.47. The molecule has 3 nitrogen and oxygen atoms in total. The third-order valence-electron chi connectivity index (χ3n) is 2.95. The van der Waals surface area contributed by atoms with Crippen LogP contribution in [0.15, 0.2) is 30.5 Å². The fourth-order valence-corrected chi connectivity index (χ4v) is 2.57. The number of rotatable bonds is 6. The molecule has 0 spiro atoms. The second-order valence-electron chi connectivity index (χ2n) is 4.31. The number of aromatic nitrogens is 2. The average Bonchev–Trinajstić information content (AvgIpc) is 2.93. The fourth-order valence-electron chi connectivity index (χ4n) is 1.97. The van der Waals surface area contributed by atoms with Gasteiger partial charge in [-0.25, -0.2) is 0 Å². The van der Waals surface area contributed by atoms with Crippen LogP contribution < -0.4 is 5.32 Å². The van der Waals surface area contributed by atoms with E-state index in [-0.39, 0.29) is 6.04 Å². The highest BCUT2D eigenvalue weighted by Gasteiger charge is 2.15. The number of hydrogen-bond acceptors (Lipinski definition) is 4. The van der Waals surface area contributed by atoms with Crippen LogP contribution in [0.25, 0.3) is 0 Å². The van der Waals surface area contributed by atoms with Crippen molar-refractivity contribution in [3.63, 3.8) is 0 Å². The van der Waals surface area contributed by atoms with Crippen LogP contribution in [0.5, 0.6) is 0 Å². The van der Waals surface area contributed by atoms with Gasteiger partial charge in [-0.1, -0.05) is 42.6 Å². The van der Waals surface area contributed by atoms with Gasteiger partial charge in [0.05, 0.1) is 17.1 Å². The van der Waals surface area contributed by atoms with E-state index in [9.17, 15) is 0 Å². The van der Waals surface area contributed by atoms with Crippen LogP contribution in [0, 0.1) is 0 Å². The molecular formula is C14H19N3S. The van der Waals surface area contributed by atoms with Crippen molar-refractivity contribution in [2.24, 2.45) is 0 Å². The standard InChI is InChI=1S/C14H19N3S/c1-3-8-15-14(13-10-16-17-18-13)12-7-5-6-11(4-2)9-12/h5-7,9-10,14-15H,3-4,8H2,1-2H3. The molecule has 0 fully saturated rings. The largest absolute Gasteiger partial charge is 0.305 e. The van der Waals surface area contributed by atoms with E-state index in [1.807, 2.05) is 6.20 Å². The molecule has 0 saturated carbocycles. The zero-order valence-corrected chi connectivity index (χ0v) is 11.7. The number of hydrogen-bond donors (Lipinski definition) is 1. The third kappa shape index (κ3) is 3.15. The SMILES string of the molecule is CCCNC(c1cccc(CC)c1)c1cnns1. The van der Waals surface area contributed by atoms with Crippen molar-refractivity contribution in [2.75, 3.05) is 6.54 Å². The molecule has 4 heteroatoms. The molecule has 18 heavy (non-hydrogen) atoms. The van der Waals surface area contributed by atoms with E-state index in [1.165, 1.54) is 27.5 Å². The normalized spacial score (nSPS) is 12.6. The minimum absolute atomic E-state index is 0.219. The maximum Gasteiger partial charge on any atom is 0.0703 e. The Balaban J connectivity index is 2.27. The van der Waals surface area contributed by atoms with Gasteiger partial charge in [0.1, 0.15) is 0 Å². The van der Waals surface area contributed by atoms with Crippen LogP contribution in [0.1, 0.15) is 42.3 Å². The first-order valence-corrected chi connectivity index (χ1v) is 7.22.